The zero-order valence-corrected chi connectivity index (χ0v) is 12.8. The molecule has 5 nitrogen and oxygen atoms in total. The number of aromatic nitrogens is 2. The first-order valence-corrected chi connectivity index (χ1v) is 7.11. The Bertz CT molecular complexity index is 660. The van der Waals surface area contributed by atoms with E-state index in [1.165, 1.54) is 0 Å². The second-order valence-electron chi connectivity index (χ2n) is 5.40. The Morgan fingerprint density at radius 3 is 2.71 bits per heavy atom. The summed E-state index contributed by atoms with van der Waals surface area (Å²) in [5, 5.41) is 17.0. The highest BCUT2D eigenvalue weighted by molar-refractivity contribution is 6.04. The van der Waals surface area contributed by atoms with Crippen LogP contribution in [0.3, 0.4) is 0 Å². The Balaban J connectivity index is 2.30. The predicted octanol–water partition coefficient (Wildman–Crippen LogP) is 3.29. The molecule has 2 rings (SSSR count). The van der Waals surface area contributed by atoms with Crippen molar-refractivity contribution in [2.75, 3.05) is 5.32 Å². The second-order valence-corrected chi connectivity index (χ2v) is 5.40. The van der Waals surface area contributed by atoms with Gasteiger partial charge in [0.05, 0.1) is 11.4 Å². The molecule has 0 radical (unpaired) electrons. The van der Waals surface area contributed by atoms with Crippen LogP contribution in [0.2, 0.25) is 0 Å². The number of hydrogen-bond donors (Lipinski definition) is 2. The fraction of sp³-hybridized carbons (Fsp3) is 0.375. The quantitative estimate of drug-likeness (QED) is 0.848. The average Bonchev–Trinajstić information content (AvgIpc) is 2.87. The van der Waals surface area contributed by atoms with Crippen LogP contribution in [0.1, 0.15) is 48.4 Å². The Hall–Kier alpha value is -2.30. The number of phenolic OH excluding ortho intramolecular Hbond substituents is 1. The van der Waals surface area contributed by atoms with Gasteiger partial charge in [-0.05, 0) is 43.5 Å². The van der Waals surface area contributed by atoms with E-state index in [0.717, 1.165) is 11.3 Å². The van der Waals surface area contributed by atoms with Gasteiger partial charge in [-0.3, -0.25) is 9.48 Å². The molecule has 0 spiro atoms. The van der Waals surface area contributed by atoms with Crippen LogP contribution in [0, 0.1) is 6.92 Å². The molecule has 5 heteroatoms. The Kier molecular flexibility index (Phi) is 4.31. The van der Waals surface area contributed by atoms with E-state index in [2.05, 4.69) is 10.4 Å². The third-order valence-corrected chi connectivity index (χ3v) is 3.32. The molecule has 0 atom stereocenters. The Morgan fingerprint density at radius 1 is 1.38 bits per heavy atom. The van der Waals surface area contributed by atoms with E-state index in [1.54, 1.807) is 28.9 Å². The molecule has 2 aromatic rings. The van der Waals surface area contributed by atoms with Crippen molar-refractivity contribution in [3.05, 3.63) is 41.2 Å². The van der Waals surface area contributed by atoms with Crippen LogP contribution in [0.15, 0.2) is 24.3 Å². The van der Waals surface area contributed by atoms with Crippen molar-refractivity contribution in [3.8, 4) is 5.75 Å². The highest BCUT2D eigenvalue weighted by Gasteiger charge is 2.17. The van der Waals surface area contributed by atoms with Crippen LogP contribution in [-0.4, -0.2) is 20.8 Å². The summed E-state index contributed by atoms with van der Waals surface area (Å²) < 4.78 is 1.68. The number of anilines is 1. The lowest BCUT2D eigenvalue weighted by Gasteiger charge is -2.09. The predicted molar refractivity (Wildman–Crippen MR) is 82.8 cm³/mol. The molecule has 2 N–H and O–H groups in total. The summed E-state index contributed by atoms with van der Waals surface area (Å²) in [4.78, 5) is 12.4. The molecule has 0 aliphatic carbocycles. The second kappa shape index (κ2) is 5.99. The number of nitrogens with zero attached hydrogens (tertiary/aromatic N) is 2. The van der Waals surface area contributed by atoms with Crippen LogP contribution in [0.5, 0.6) is 5.75 Å². The van der Waals surface area contributed by atoms with Crippen molar-refractivity contribution in [2.45, 2.75) is 40.2 Å². The minimum absolute atomic E-state index is 0.0561. The van der Waals surface area contributed by atoms with Gasteiger partial charge in [-0.25, -0.2) is 0 Å². The summed E-state index contributed by atoms with van der Waals surface area (Å²) in [7, 11) is 0. The van der Waals surface area contributed by atoms with Crippen molar-refractivity contribution in [3.63, 3.8) is 0 Å². The average molecular weight is 287 g/mol. The van der Waals surface area contributed by atoms with Gasteiger partial charge in [-0.2, -0.15) is 5.10 Å². The van der Waals surface area contributed by atoms with Crippen LogP contribution >= 0.6 is 0 Å². The first kappa shape index (κ1) is 15.1. The molecule has 0 aliphatic heterocycles. The molecule has 1 amide bonds. The molecule has 112 valence electrons. The molecule has 0 unspecified atom stereocenters. The number of rotatable bonds is 4. The zero-order chi connectivity index (χ0) is 15.6. The molecular weight excluding hydrogens is 266 g/mol. The standard InChI is InChI=1S/C16H21N3O2/c1-5-19-14(9-12(18-19)10(2)3)16(21)17-13-8-11(4)6-7-15(13)20/h6-10,20H,5H2,1-4H3,(H,17,21). The van der Waals surface area contributed by atoms with E-state index >= 15 is 0 Å². The lowest BCUT2D eigenvalue weighted by atomic mass is 10.1. The van der Waals surface area contributed by atoms with Crippen molar-refractivity contribution in [1.29, 1.82) is 0 Å². The molecule has 0 aliphatic rings. The van der Waals surface area contributed by atoms with E-state index in [9.17, 15) is 9.90 Å². The van der Waals surface area contributed by atoms with Gasteiger partial charge in [0.25, 0.3) is 5.91 Å². The van der Waals surface area contributed by atoms with E-state index in [-0.39, 0.29) is 17.6 Å². The van der Waals surface area contributed by atoms with E-state index in [4.69, 9.17) is 0 Å². The lowest BCUT2D eigenvalue weighted by molar-refractivity contribution is 0.101. The Labute approximate surface area is 124 Å². The maximum atomic E-state index is 12.4. The molecule has 21 heavy (non-hydrogen) atoms. The van der Waals surface area contributed by atoms with Crippen molar-refractivity contribution in [2.24, 2.45) is 0 Å². The van der Waals surface area contributed by atoms with Crippen molar-refractivity contribution in [1.82, 2.24) is 9.78 Å². The first-order chi connectivity index (χ1) is 9.92. The minimum Gasteiger partial charge on any atom is -0.506 e. The molecular formula is C16H21N3O2. The van der Waals surface area contributed by atoms with Crippen molar-refractivity contribution < 1.29 is 9.90 Å². The maximum Gasteiger partial charge on any atom is 0.274 e. The fourth-order valence-electron chi connectivity index (χ4n) is 2.08. The van der Waals surface area contributed by atoms with Gasteiger partial charge in [0.15, 0.2) is 0 Å². The number of aryl methyl sites for hydroxylation is 2. The van der Waals surface area contributed by atoms with Gasteiger partial charge in [0.1, 0.15) is 11.4 Å². The molecule has 0 saturated carbocycles. The molecule has 0 bridgehead atoms. The number of carbonyl (C=O) groups excluding carboxylic acids is 1. The van der Waals surface area contributed by atoms with Crippen molar-refractivity contribution >= 4 is 11.6 Å². The molecule has 1 aromatic heterocycles. The number of benzene rings is 1. The van der Waals surface area contributed by atoms with Gasteiger partial charge in [0, 0.05) is 6.54 Å². The number of amides is 1. The largest absolute Gasteiger partial charge is 0.506 e. The summed E-state index contributed by atoms with van der Waals surface area (Å²) in [5.74, 6) is 0.0504. The van der Waals surface area contributed by atoms with Gasteiger partial charge < -0.3 is 10.4 Å². The van der Waals surface area contributed by atoms with Gasteiger partial charge in [-0.15, -0.1) is 0 Å². The molecule has 1 heterocycles. The smallest absolute Gasteiger partial charge is 0.274 e. The summed E-state index contributed by atoms with van der Waals surface area (Å²) >= 11 is 0. The van der Waals surface area contributed by atoms with Crippen LogP contribution in [-0.2, 0) is 6.54 Å². The van der Waals surface area contributed by atoms with Gasteiger partial charge in [-0.1, -0.05) is 19.9 Å². The number of carbonyl (C=O) groups is 1. The third kappa shape index (κ3) is 3.24. The highest BCUT2D eigenvalue weighted by Crippen LogP contribution is 2.25. The number of aromatic hydroxyl groups is 1. The summed E-state index contributed by atoms with van der Waals surface area (Å²) in [6.07, 6.45) is 0. The molecule has 1 aromatic carbocycles. The van der Waals surface area contributed by atoms with E-state index in [1.807, 2.05) is 27.7 Å². The van der Waals surface area contributed by atoms with Crippen LogP contribution in [0.4, 0.5) is 5.69 Å². The van der Waals surface area contributed by atoms with Crippen LogP contribution < -0.4 is 5.32 Å². The van der Waals surface area contributed by atoms with E-state index < -0.39 is 0 Å². The summed E-state index contributed by atoms with van der Waals surface area (Å²) in [5.41, 5.74) is 2.77. The first-order valence-electron chi connectivity index (χ1n) is 7.11. The van der Waals surface area contributed by atoms with Gasteiger partial charge in [0.2, 0.25) is 0 Å². The summed E-state index contributed by atoms with van der Waals surface area (Å²) in [6, 6.07) is 6.90. The Morgan fingerprint density at radius 2 is 2.10 bits per heavy atom. The SMILES string of the molecule is CCn1nc(C(C)C)cc1C(=O)Nc1cc(C)ccc1O. The zero-order valence-electron chi connectivity index (χ0n) is 12.8. The molecule has 0 saturated heterocycles. The van der Waals surface area contributed by atoms with Gasteiger partial charge >= 0.3 is 0 Å². The number of nitrogens with one attached hydrogen (secondary N) is 1. The number of phenols is 1. The van der Waals surface area contributed by atoms with E-state index in [0.29, 0.717) is 17.9 Å². The summed E-state index contributed by atoms with van der Waals surface area (Å²) in [6.45, 7) is 8.54. The maximum absolute atomic E-state index is 12.4. The monoisotopic (exact) mass is 287 g/mol. The molecule has 0 fully saturated rings. The third-order valence-electron chi connectivity index (χ3n) is 3.32. The number of hydrogen-bond acceptors (Lipinski definition) is 3. The lowest BCUT2D eigenvalue weighted by Crippen LogP contribution is -2.17. The minimum atomic E-state index is -0.267. The normalized spacial score (nSPS) is 10.9. The highest BCUT2D eigenvalue weighted by atomic mass is 16.3. The topological polar surface area (TPSA) is 67.2 Å². The fourth-order valence-corrected chi connectivity index (χ4v) is 2.08. The van der Waals surface area contributed by atoms with Crippen LogP contribution in [0.25, 0.3) is 0 Å².